The molecule has 0 aromatic heterocycles. The van der Waals surface area contributed by atoms with Gasteiger partial charge in [-0.1, -0.05) is 0 Å². The maximum atomic E-state index is 12.0. The van der Waals surface area contributed by atoms with Gasteiger partial charge in [0, 0.05) is 24.3 Å². The number of nitrogens with zero attached hydrogens (tertiary/aromatic N) is 2. The molecule has 0 amide bonds. The van der Waals surface area contributed by atoms with Crippen LogP contribution in [0.15, 0.2) is 12.1 Å². The fourth-order valence-electron chi connectivity index (χ4n) is 4.24. The van der Waals surface area contributed by atoms with Crippen LogP contribution in [0.2, 0.25) is 0 Å². The normalized spacial score (nSPS) is 27.4. The third-order valence-electron chi connectivity index (χ3n) is 5.51. The van der Waals surface area contributed by atoms with E-state index in [-0.39, 0.29) is 11.5 Å². The summed E-state index contributed by atoms with van der Waals surface area (Å²) in [5, 5.41) is 0. The maximum Gasteiger partial charge on any atom is 0.232 e. The lowest BCUT2D eigenvalue weighted by atomic mass is 9.66. The van der Waals surface area contributed by atoms with Crippen molar-refractivity contribution in [3.63, 3.8) is 0 Å². The number of likely N-dealkylation sites (N-methyl/N-ethyl adjacent to an activating group) is 1. The Balaban J connectivity index is 2.13. The smallest absolute Gasteiger partial charge is 0.232 e. The van der Waals surface area contributed by atoms with Crippen LogP contribution in [0.4, 0.5) is 5.69 Å². The molecule has 1 saturated heterocycles. The minimum atomic E-state index is -0.0678. The summed E-state index contributed by atoms with van der Waals surface area (Å²) in [6.07, 6.45) is 3.06. The van der Waals surface area contributed by atoms with Crippen LogP contribution in [0.5, 0.6) is 11.5 Å². The van der Waals surface area contributed by atoms with Crippen LogP contribution in [0.1, 0.15) is 31.2 Å². The first-order valence-electron chi connectivity index (χ1n) is 7.91. The van der Waals surface area contributed by atoms with Gasteiger partial charge in [0.1, 0.15) is 11.5 Å². The number of Topliss-reactive ketones (excluding diaryl/α,β-unsaturated/α-hetero) is 1. The van der Waals surface area contributed by atoms with Gasteiger partial charge in [0.05, 0.1) is 20.8 Å². The van der Waals surface area contributed by atoms with E-state index in [0.717, 1.165) is 24.9 Å². The average molecular weight is 314 g/mol. The molecule has 0 bridgehead atoms. The predicted molar refractivity (Wildman–Crippen MR) is 87.4 cm³/mol. The average Bonchev–Trinajstić information content (AvgIpc) is 2.91. The fraction of sp³-hybridized carbons (Fsp3) is 0.556. The molecule has 5 nitrogen and oxygen atoms in total. The highest BCUT2D eigenvalue weighted by molar-refractivity contribution is 5.81. The largest absolute Gasteiger partial charge is 0.504 e. The third kappa shape index (κ3) is 2.38. The lowest BCUT2D eigenvalue weighted by Crippen LogP contribution is -2.46. The van der Waals surface area contributed by atoms with Crippen LogP contribution >= 0.6 is 0 Å². The van der Waals surface area contributed by atoms with E-state index in [4.69, 9.17) is 16.0 Å². The molecular formula is C18H22N2O3. The molecule has 3 rings (SSSR count). The van der Waals surface area contributed by atoms with E-state index in [2.05, 4.69) is 16.8 Å². The van der Waals surface area contributed by atoms with E-state index in [9.17, 15) is 4.79 Å². The third-order valence-corrected chi connectivity index (χ3v) is 5.51. The Kier molecular flexibility index (Phi) is 4.03. The van der Waals surface area contributed by atoms with E-state index in [1.165, 1.54) is 0 Å². The molecule has 1 aliphatic carbocycles. The van der Waals surface area contributed by atoms with Gasteiger partial charge < -0.3 is 14.4 Å². The van der Waals surface area contributed by atoms with Gasteiger partial charge in [0.2, 0.25) is 5.69 Å². The van der Waals surface area contributed by atoms with Crippen molar-refractivity contribution in [1.29, 1.82) is 0 Å². The van der Waals surface area contributed by atoms with Gasteiger partial charge >= 0.3 is 0 Å². The van der Waals surface area contributed by atoms with Crippen molar-refractivity contribution in [1.82, 2.24) is 4.90 Å². The highest BCUT2D eigenvalue weighted by Crippen LogP contribution is 2.51. The van der Waals surface area contributed by atoms with Gasteiger partial charge in [0.15, 0.2) is 5.75 Å². The van der Waals surface area contributed by atoms with E-state index < -0.39 is 0 Å². The lowest BCUT2D eigenvalue weighted by Gasteiger charge is -2.41. The Morgan fingerprint density at radius 1 is 1.30 bits per heavy atom. The van der Waals surface area contributed by atoms with Gasteiger partial charge in [0.25, 0.3) is 0 Å². The zero-order valence-electron chi connectivity index (χ0n) is 13.9. The standard InChI is InChI=1S/C18H22N2O3/c1-19-14-9-12(10-15(22-3)17(14)23-4)18-6-5-13(21)11-16(18)20(2)8-7-18/h9-10,16H,5-8,11H2,2-4H3. The quantitative estimate of drug-likeness (QED) is 0.805. The first kappa shape index (κ1) is 15.8. The summed E-state index contributed by atoms with van der Waals surface area (Å²) >= 11 is 0. The summed E-state index contributed by atoms with van der Waals surface area (Å²) in [5.41, 5.74) is 1.51. The summed E-state index contributed by atoms with van der Waals surface area (Å²) < 4.78 is 10.8. The first-order chi connectivity index (χ1) is 11.1. The zero-order valence-corrected chi connectivity index (χ0v) is 13.9. The fourth-order valence-corrected chi connectivity index (χ4v) is 4.24. The molecule has 122 valence electrons. The number of fused-ring (bicyclic) bond motifs is 1. The Bertz CT molecular complexity index is 680. The Morgan fingerprint density at radius 2 is 2.09 bits per heavy atom. The van der Waals surface area contributed by atoms with Crippen molar-refractivity contribution in [2.75, 3.05) is 27.8 Å². The van der Waals surface area contributed by atoms with Gasteiger partial charge in [-0.2, -0.15) is 0 Å². The van der Waals surface area contributed by atoms with Gasteiger partial charge in [-0.3, -0.25) is 4.79 Å². The second kappa shape index (κ2) is 5.86. The molecular weight excluding hydrogens is 292 g/mol. The van der Waals surface area contributed by atoms with Crippen LogP contribution in [0.3, 0.4) is 0 Å². The summed E-state index contributed by atoms with van der Waals surface area (Å²) in [7, 11) is 5.23. The lowest BCUT2D eigenvalue weighted by molar-refractivity contribution is -0.122. The number of hydrogen-bond acceptors (Lipinski definition) is 4. The number of methoxy groups -OCH3 is 2. The van der Waals surface area contributed by atoms with Crippen LogP contribution < -0.4 is 9.47 Å². The van der Waals surface area contributed by atoms with Crippen molar-refractivity contribution >= 4 is 11.5 Å². The van der Waals surface area contributed by atoms with E-state index in [1.54, 1.807) is 14.2 Å². The van der Waals surface area contributed by atoms with Crippen molar-refractivity contribution in [3.8, 4) is 11.5 Å². The maximum absolute atomic E-state index is 12.0. The molecule has 5 heteroatoms. The predicted octanol–water partition coefficient (Wildman–Crippen LogP) is 2.95. The van der Waals surface area contributed by atoms with Crippen molar-refractivity contribution in [2.45, 2.75) is 37.1 Å². The van der Waals surface area contributed by atoms with E-state index in [1.807, 2.05) is 12.1 Å². The molecule has 2 unspecified atom stereocenters. The molecule has 0 N–H and O–H groups in total. The first-order valence-corrected chi connectivity index (χ1v) is 7.91. The van der Waals surface area contributed by atoms with Crippen molar-refractivity contribution in [3.05, 3.63) is 29.1 Å². The van der Waals surface area contributed by atoms with Crippen LogP contribution in [-0.4, -0.2) is 44.5 Å². The molecule has 1 heterocycles. The topological polar surface area (TPSA) is 43.1 Å². The highest BCUT2D eigenvalue weighted by atomic mass is 16.5. The SMILES string of the molecule is [C-]#[N+]c1cc(C23CCC(=O)CC2N(C)CC3)cc(OC)c1OC. The molecule has 2 atom stereocenters. The van der Waals surface area contributed by atoms with Crippen LogP contribution in [-0.2, 0) is 10.2 Å². The van der Waals surface area contributed by atoms with Crippen molar-refractivity contribution in [2.24, 2.45) is 0 Å². The molecule has 1 aromatic rings. The number of carbonyl (C=O) groups excluding carboxylic acids is 1. The molecule has 1 aromatic carbocycles. The molecule has 0 radical (unpaired) electrons. The van der Waals surface area contributed by atoms with E-state index >= 15 is 0 Å². The number of hydrogen-bond donors (Lipinski definition) is 0. The summed E-state index contributed by atoms with van der Waals surface area (Å²) in [6.45, 7) is 8.43. The van der Waals surface area contributed by atoms with Gasteiger partial charge in [-0.15, -0.1) is 0 Å². The minimum absolute atomic E-state index is 0.0678. The minimum Gasteiger partial charge on any atom is -0.504 e. The number of likely N-dealkylation sites (tertiary alicyclic amines) is 1. The summed E-state index contributed by atoms with van der Waals surface area (Å²) in [5.74, 6) is 1.42. The second-order valence-corrected chi connectivity index (χ2v) is 6.49. The van der Waals surface area contributed by atoms with Gasteiger partial charge in [-0.25, -0.2) is 4.85 Å². The number of ether oxygens (including phenoxy) is 2. The van der Waals surface area contributed by atoms with Crippen LogP contribution in [0.25, 0.3) is 4.85 Å². The number of rotatable bonds is 3. The zero-order chi connectivity index (χ0) is 16.6. The Hall–Kier alpha value is -2.06. The molecule has 2 fully saturated rings. The summed E-state index contributed by atoms with van der Waals surface area (Å²) in [6, 6.07) is 4.13. The molecule has 2 aliphatic rings. The number of carbonyl (C=O) groups is 1. The molecule has 1 saturated carbocycles. The van der Waals surface area contributed by atoms with Crippen molar-refractivity contribution < 1.29 is 14.3 Å². The van der Waals surface area contributed by atoms with Crippen LogP contribution in [0, 0.1) is 6.57 Å². The monoisotopic (exact) mass is 314 g/mol. The molecule has 1 aliphatic heterocycles. The number of ketones is 1. The van der Waals surface area contributed by atoms with E-state index in [0.29, 0.717) is 35.8 Å². The Morgan fingerprint density at radius 3 is 2.74 bits per heavy atom. The Labute approximate surface area is 137 Å². The molecule has 23 heavy (non-hydrogen) atoms. The number of benzene rings is 1. The molecule has 0 spiro atoms. The summed E-state index contributed by atoms with van der Waals surface area (Å²) in [4.78, 5) is 17.8. The second-order valence-electron chi connectivity index (χ2n) is 6.49. The highest BCUT2D eigenvalue weighted by Gasteiger charge is 2.50. The van der Waals surface area contributed by atoms with Gasteiger partial charge in [-0.05, 0) is 44.1 Å².